The van der Waals surface area contributed by atoms with E-state index in [4.69, 9.17) is 4.74 Å². The number of para-hydroxylation sites is 1. The third-order valence-corrected chi connectivity index (χ3v) is 3.63. The molecule has 23 heavy (non-hydrogen) atoms. The number of carbonyl (C=O) groups excluding carboxylic acids is 2. The highest BCUT2D eigenvalue weighted by molar-refractivity contribution is 5.97. The minimum absolute atomic E-state index is 0.298. The van der Waals surface area contributed by atoms with Gasteiger partial charge in [-0.25, -0.2) is 4.79 Å². The second kappa shape index (κ2) is 7.45. The van der Waals surface area contributed by atoms with Crippen molar-refractivity contribution >= 4 is 23.3 Å². The number of anilines is 2. The number of aryl methyl sites for hydroxylation is 1. The standard InChI is InChI=1S/C18H20N2O3/c1-12-7-6-10-15(13(12)2)20-16-9-5-4-8-14(16)18(22)23-11-17(21)19-3/h4-10,20H,11H2,1-3H3,(H,19,21). The molecule has 2 rings (SSSR count). The molecule has 0 heterocycles. The summed E-state index contributed by atoms with van der Waals surface area (Å²) in [6.07, 6.45) is 0. The molecular weight excluding hydrogens is 292 g/mol. The lowest BCUT2D eigenvalue weighted by atomic mass is 10.1. The molecule has 2 N–H and O–H groups in total. The van der Waals surface area contributed by atoms with Crippen molar-refractivity contribution < 1.29 is 14.3 Å². The van der Waals surface area contributed by atoms with Crippen LogP contribution in [0.2, 0.25) is 0 Å². The molecule has 5 nitrogen and oxygen atoms in total. The smallest absolute Gasteiger partial charge is 0.340 e. The molecule has 5 heteroatoms. The predicted octanol–water partition coefficient (Wildman–Crippen LogP) is 2.95. The van der Waals surface area contributed by atoms with Crippen LogP contribution in [0.25, 0.3) is 0 Å². The van der Waals surface area contributed by atoms with E-state index < -0.39 is 5.97 Å². The van der Waals surface area contributed by atoms with Crippen molar-refractivity contribution in [3.05, 3.63) is 59.2 Å². The summed E-state index contributed by atoms with van der Waals surface area (Å²) >= 11 is 0. The summed E-state index contributed by atoms with van der Waals surface area (Å²) in [5.74, 6) is -0.889. The third-order valence-electron chi connectivity index (χ3n) is 3.63. The number of likely N-dealkylation sites (N-methyl/N-ethyl adjacent to an activating group) is 1. The van der Waals surface area contributed by atoms with Gasteiger partial charge in [-0.05, 0) is 43.2 Å². The molecule has 2 aromatic carbocycles. The monoisotopic (exact) mass is 312 g/mol. The van der Waals surface area contributed by atoms with Crippen LogP contribution in [0.5, 0.6) is 0 Å². The Balaban J connectivity index is 2.22. The van der Waals surface area contributed by atoms with Crippen LogP contribution in [0.4, 0.5) is 11.4 Å². The molecule has 0 spiro atoms. The normalized spacial score (nSPS) is 10.0. The van der Waals surface area contributed by atoms with Crippen molar-refractivity contribution in [3.63, 3.8) is 0 Å². The van der Waals surface area contributed by atoms with E-state index in [2.05, 4.69) is 10.6 Å². The maximum atomic E-state index is 12.2. The lowest BCUT2D eigenvalue weighted by Gasteiger charge is -2.14. The Kier molecular flexibility index (Phi) is 5.36. The lowest BCUT2D eigenvalue weighted by Crippen LogP contribution is -2.25. The molecule has 1 amide bonds. The van der Waals surface area contributed by atoms with Gasteiger partial charge in [-0.1, -0.05) is 24.3 Å². The van der Waals surface area contributed by atoms with E-state index in [9.17, 15) is 9.59 Å². The SMILES string of the molecule is CNC(=O)COC(=O)c1ccccc1Nc1cccc(C)c1C. The molecule has 0 fully saturated rings. The molecule has 0 unspecified atom stereocenters. The molecule has 0 aliphatic heterocycles. The van der Waals surface area contributed by atoms with E-state index in [0.717, 1.165) is 16.8 Å². The van der Waals surface area contributed by atoms with Gasteiger partial charge in [-0.3, -0.25) is 4.79 Å². The molecule has 2 aromatic rings. The summed E-state index contributed by atoms with van der Waals surface area (Å²) in [6.45, 7) is 3.75. The van der Waals surface area contributed by atoms with Crippen LogP contribution in [0.15, 0.2) is 42.5 Å². The van der Waals surface area contributed by atoms with E-state index in [1.54, 1.807) is 18.2 Å². The molecule has 0 radical (unpaired) electrons. The molecule has 0 atom stereocenters. The van der Waals surface area contributed by atoms with Crippen molar-refractivity contribution in [2.75, 3.05) is 19.0 Å². The minimum Gasteiger partial charge on any atom is -0.452 e. The molecule has 0 aliphatic rings. The zero-order valence-electron chi connectivity index (χ0n) is 13.5. The van der Waals surface area contributed by atoms with Gasteiger partial charge in [-0.2, -0.15) is 0 Å². The zero-order chi connectivity index (χ0) is 16.8. The van der Waals surface area contributed by atoms with Crippen LogP contribution in [-0.2, 0) is 9.53 Å². The van der Waals surface area contributed by atoms with Gasteiger partial charge in [0, 0.05) is 12.7 Å². The average molecular weight is 312 g/mol. The largest absolute Gasteiger partial charge is 0.452 e. The summed E-state index contributed by atoms with van der Waals surface area (Å²) in [6, 6.07) is 13.0. The van der Waals surface area contributed by atoms with Crippen LogP contribution in [0.1, 0.15) is 21.5 Å². The first-order valence-electron chi connectivity index (χ1n) is 7.33. The van der Waals surface area contributed by atoms with Gasteiger partial charge in [0.1, 0.15) is 0 Å². The fourth-order valence-electron chi connectivity index (χ4n) is 2.08. The molecular formula is C18H20N2O3. The molecule has 0 aromatic heterocycles. The van der Waals surface area contributed by atoms with Gasteiger partial charge in [0.15, 0.2) is 6.61 Å². The summed E-state index contributed by atoms with van der Waals surface area (Å²) in [4.78, 5) is 23.4. The first-order chi connectivity index (χ1) is 11.0. The maximum absolute atomic E-state index is 12.2. The van der Waals surface area contributed by atoms with Crippen molar-refractivity contribution in [1.29, 1.82) is 0 Å². The first kappa shape index (κ1) is 16.5. The van der Waals surface area contributed by atoms with Crippen LogP contribution < -0.4 is 10.6 Å². The summed E-state index contributed by atoms with van der Waals surface area (Å²) in [5.41, 5.74) is 4.23. The summed E-state index contributed by atoms with van der Waals surface area (Å²) in [5, 5.41) is 5.67. The number of hydrogen-bond donors (Lipinski definition) is 2. The zero-order valence-corrected chi connectivity index (χ0v) is 13.5. The quantitative estimate of drug-likeness (QED) is 0.833. The highest BCUT2D eigenvalue weighted by atomic mass is 16.5. The number of esters is 1. The minimum atomic E-state index is -0.540. The Morgan fingerprint density at radius 3 is 2.43 bits per heavy atom. The van der Waals surface area contributed by atoms with E-state index in [1.807, 2.05) is 38.1 Å². The highest BCUT2D eigenvalue weighted by Crippen LogP contribution is 2.25. The molecule has 0 saturated heterocycles. The maximum Gasteiger partial charge on any atom is 0.340 e. The molecule has 0 aliphatic carbocycles. The van der Waals surface area contributed by atoms with Crippen molar-refractivity contribution in [3.8, 4) is 0 Å². The van der Waals surface area contributed by atoms with Gasteiger partial charge >= 0.3 is 5.97 Å². The first-order valence-corrected chi connectivity index (χ1v) is 7.33. The fraction of sp³-hybridized carbons (Fsp3) is 0.222. The van der Waals surface area contributed by atoms with Crippen molar-refractivity contribution in [2.24, 2.45) is 0 Å². The average Bonchev–Trinajstić information content (AvgIpc) is 2.57. The summed E-state index contributed by atoms with van der Waals surface area (Å²) in [7, 11) is 1.49. The van der Waals surface area contributed by atoms with Gasteiger partial charge < -0.3 is 15.4 Å². The van der Waals surface area contributed by atoms with Gasteiger partial charge in [0.25, 0.3) is 5.91 Å². The number of carbonyl (C=O) groups is 2. The van der Waals surface area contributed by atoms with Crippen molar-refractivity contribution in [1.82, 2.24) is 5.32 Å². The van der Waals surface area contributed by atoms with Crippen LogP contribution >= 0.6 is 0 Å². The molecule has 0 saturated carbocycles. The van der Waals surface area contributed by atoms with Crippen LogP contribution in [-0.4, -0.2) is 25.5 Å². The summed E-state index contributed by atoms with van der Waals surface area (Å²) < 4.78 is 5.02. The Morgan fingerprint density at radius 2 is 1.70 bits per heavy atom. The third kappa shape index (κ3) is 4.10. The van der Waals surface area contributed by atoms with Crippen molar-refractivity contribution in [2.45, 2.75) is 13.8 Å². The van der Waals surface area contributed by atoms with E-state index in [0.29, 0.717) is 11.3 Å². The topological polar surface area (TPSA) is 67.4 Å². The Morgan fingerprint density at radius 1 is 1.00 bits per heavy atom. The lowest BCUT2D eigenvalue weighted by molar-refractivity contribution is -0.123. The van der Waals surface area contributed by atoms with Crippen LogP contribution in [0.3, 0.4) is 0 Å². The Labute approximate surface area is 135 Å². The number of ether oxygens (including phenoxy) is 1. The van der Waals surface area contributed by atoms with E-state index in [1.165, 1.54) is 7.05 Å². The number of rotatable bonds is 5. The van der Waals surface area contributed by atoms with Gasteiger partial charge in [0.05, 0.1) is 11.3 Å². The second-order valence-corrected chi connectivity index (χ2v) is 5.17. The number of benzene rings is 2. The number of nitrogens with one attached hydrogen (secondary N) is 2. The van der Waals surface area contributed by atoms with Gasteiger partial charge in [0.2, 0.25) is 0 Å². The van der Waals surface area contributed by atoms with Gasteiger partial charge in [-0.15, -0.1) is 0 Å². The van der Waals surface area contributed by atoms with Crippen LogP contribution in [0, 0.1) is 13.8 Å². The second-order valence-electron chi connectivity index (χ2n) is 5.17. The number of hydrogen-bond acceptors (Lipinski definition) is 4. The Hall–Kier alpha value is -2.82. The highest BCUT2D eigenvalue weighted by Gasteiger charge is 2.14. The number of amides is 1. The predicted molar refractivity (Wildman–Crippen MR) is 90.0 cm³/mol. The molecule has 0 bridgehead atoms. The molecule has 120 valence electrons. The van der Waals surface area contributed by atoms with E-state index >= 15 is 0 Å². The Bertz CT molecular complexity index is 726. The van der Waals surface area contributed by atoms with E-state index in [-0.39, 0.29) is 12.5 Å². The fourth-order valence-corrected chi connectivity index (χ4v) is 2.08.